The highest BCUT2D eigenvalue weighted by Gasteiger charge is 2.41. The lowest BCUT2D eigenvalue weighted by Gasteiger charge is -2.19. The predicted molar refractivity (Wildman–Crippen MR) is 48.9 cm³/mol. The first-order valence-corrected chi connectivity index (χ1v) is 4.68. The molecule has 1 unspecified atom stereocenters. The van der Waals surface area contributed by atoms with E-state index in [1.165, 1.54) is 7.11 Å². The number of carbonyl (C=O) groups is 3. The summed E-state index contributed by atoms with van der Waals surface area (Å²) in [4.78, 5) is 34.8. The summed E-state index contributed by atoms with van der Waals surface area (Å²) in [5.74, 6) is -0.988. The van der Waals surface area contributed by atoms with Gasteiger partial charge >= 0.3 is 12.1 Å². The molecule has 0 saturated carbocycles. The van der Waals surface area contributed by atoms with Gasteiger partial charge in [-0.15, -0.1) is 0 Å². The van der Waals surface area contributed by atoms with Crippen LogP contribution in [0.1, 0.15) is 19.8 Å². The Kier molecular flexibility index (Phi) is 3.65. The monoisotopic (exact) mass is 215 g/mol. The zero-order valence-electron chi connectivity index (χ0n) is 8.69. The van der Waals surface area contributed by atoms with E-state index in [0.29, 0.717) is 6.42 Å². The molecule has 6 heteroatoms. The Bertz CT molecular complexity index is 288. The third kappa shape index (κ3) is 2.26. The maximum absolute atomic E-state index is 11.4. The second-order valence-corrected chi connectivity index (χ2v) is 3.04. The quantitative estimate of drug-likeness (QED) is 0.620. The van der Waals surface area contributed by atoms with Crippen molar-refractivity contribution in [1.82, 2.24) is 4.90 Å². The summed E-state index contributed by atoms with van der Waals surface area (Å²) in [6.07, 6.45) is -0.321. The fourth-order valence-electron chi connectivity index (χ4n) is 1.46. The molecule has 6 nitrogen and oxygen atoms in total. The van der Waals surface area contributed by atoms with Crippen LogP contribution >= 0.6 is 0 Å². The molecule has 1 aliphatic rings. The first-order valence-electron chi connectivity index (χ1n) is 4.68. The van der Waals surface area contributed by atoms with Crippen LogP contribution in [0.2, 0.25) is 0 Å². The van der Waals surface area contributed by atoms with E-state index in [-0.39, 0.29) is 13.0 Å². The first kappa shape index (κ1) is 11.5. The Hall–Kier alpha value is -1.59. The highest BCUT2D eigenvalue weighted by atomic mass is 16.6. The highest BCUT2D eigenvalue weighted by molar-refractivity contribution is 5.99. The van der Waals surface area contributed by atoms with Crippen molar-refractivity contribution in [1.29, 1.82) is 0 Å². The van der Waals surface area contributed by atoms with E-state index in [1.54, 1.807) is 6.92 Å². The molecule has 1 fully saturated rings. The van der Waals surface area contributed by atoms with Gasteiger partial charge in [-0.3, -0.25) is 4.79 Å². The number of methoxy groups -OCH3 is 1. The number of esters is 1. The Morgan fingerprint density at radius 1 is 1.53 bits per heavy atom. The molecular formula is C9H13NO5. The number of carbonyl (C=O) groups excluding carboxylic acids is 3. The molecule has 15 heavy (non-hydrogen) atoms. The number of hydrogen-bond acceptors (Lipinski definition) is 5. The van der Waals surface area contributed by atoms with Crippen molar-refractivity contribution in [2.24, 2.45) is 0 Å². The average Bonchev–Trinajstić information content (AvgIpc) is 2.59. The number of amides is 2. The first-order chi connectivity index (χ1) is 7.11. The standard InChI is InChI=1S/C9H13NO5/c1-3-15-9(13)10-6(8(12)14-2)4-5-7(10)11/h6H,3-5H2,1-2H3. The Balaban J connectivity index is 2.77. The molecule has 2 amide bonds. The van der Waals surface area contributed by atoms with E-state index in [4.69, 9.17) is 0 Å². The minimum atomic E-state index is -0.832. The third-order valence-corrected chi connectivity index (χ3v) is 2.15. The summed E-state index contributed by atoms with van der Waals surface area (Å²) in [5, 5.41) is 0. The summed E-state index contributed by atoms with van der Waals surface area (Å²) in [6.45, 7) is 1.79. The minimum absolute atomic E-state index is 0.163. The SMILES string of the molecule is CCOC(=O)N1C(=O)CCC1C(=O)OC. The van der Waals surface area contributed by atoms with Crippen molar-refractivity contribution in [2.45, 2.75) is 25.8 Å². The molecule has 1 heterocycles. The molecule has 1 atom stereocenters. The van der Waals surface area contributed by atoms with Crippen LogP contribution in [0.4, 0.5) is 4.79 Å². The number of rotatable bonds is 2. The van der Waals surface area contributed by atoms with Crippen LogP contribution in [0.25, 0.3) is 0 Å². The third-order valence-electron chi connectivity index (χ3n) is 2.15. The van der Waals surface area contributed by atoms with E-state index < -0.39 is 24.0 Å². The molecule has 0 aromatic carbocycles. The number of likely N-dealkylation sites (tertiary alicyclic amines) is 1. The molecule has 1 saturated heterocycles. The van der Waals surface area contributed by atoms with Gasteiger partial charge in [0, 0.05) is 6.42 Å². The van der Waals surface area contributed by atoms with Crippen molar-refractivity contribution < 1.29 is 23.9 Å². The van der Waals surface area contributed by atoms with Crippen LogP contribution in [0, 0.1) is 0 Å². The van der Waals surface area contributed by atoms with Gasteiger partial charge < -0.3 is 9.47 Å². The van der Waals surface area contributed by atoms with Crippen LogP contribution in [-0.2, 0) is 19.1 Å². The molecule has 0 spiro atoms. The number of hydrogen-bond donors (Lipinski definition) is 0. The molecule has 1 aliphatic heterocycles. The topological polar surface area (TPSA) is 72.9 Å². The van der Waals surface area contributed by atoms with Crippen molar-refractivity contribution in [2.75, 3.05) is 13.7 Å². The van der Waals surface area contributed by atoms with Crippen molar-refractivity contribution in [3.8, 4) is 0 Å². The maximum atomic E-state index is 11.4. The van der Waals surface area contributed by atoms with Crippen LogP contribution in [-0.4, -0.2) is 42.6 Å². The maximum Gasteiger partial charge on any atom is 0.417 e. The van der Waals surface area contributed by atoms with Crippen LogP contribution < -0.4 is 0 Å². The molecule has 0 aromatic rings. The summed E-state index contributed by atoms with van der Waals surface area (Å²) in [5.41, 5.74) is 0. The van der Waals surface area contributed by atoms with E-state index in [1.807, 2.05) is 0 Å². The van der Waals surface area contributed by atoms with Crippen LogP contribution in [0.3, 0.4) is 0 Å². The van der Waals surface area contributed by atoms with Crippen LogP contribution in [0.15, 0.2) is 0 Å². The minimum Gasteiger partial charge on any atom is -0.467 e. The average molecular weight is 215 g/mol. The van der Waals surface area contributed by atoms with Gasteiger partial charge in [-0.2, -0.15) is 0 Å². The fraction of sp³-hybridized carbons (Fsp3) is 0.667. The van der Waals surface area contributed by atoms with E-state index >= 15 is 0 Å². The number of nitrogens with zero attached hydrogens (tertiary/aromatic N) is 1. The van der Waals surface area contributed by atoms with Gasteiger partial charge in [0.15, 0.2) is 0 Å². The number of imide groups is 1. The molecular weight excluding hydrogens is 202 g/mol. The lowest BCUT2D eigenvalue weighted by Crippen LogP contribution is -2.43. The van der Waals surface area contributed by atoms with Gasteiger partial charge in [0.25, 0.3) is 0 Å². The second kappa shape index (κ2) is 4.77. The lowest BCUT2D eigenvalue weighted by atomic mass is 10.2. The Morgan fingerprint density at radius 3 is 2.73 bits per heavy atom. The zero-order chi connectivity index (χ0) is 11.4. The van der Waals surface area contributed by atoms with E-state index in [9.17, 15) is 14.4 Å². The second-order valence-electron chi connectivity index (χ2n) is 3.04. The van der Waals surface area contributed by atoms with Gasteiger partial charge in [0.05, 0.1) is 13.7 Å². The van der Waals surface area contributed by atoms with Gasteiger partial charge in [-0.05, 0) is 13.3 Å². The van der Waals surface area contributed by atoms with Gasteiger partial charge in [0.2, 0.25) is 5.91 Å². The molecule has 0 aliphatic carbocycles. The Labute approximate surface area is 87.1 Å². The summed E-state index contributed by atoms with van der Waals surface area (Å²) < 4.78 is 9.18. The Morgan fingerprint density at radius 2 is 2.20 bits per heavy atom. The van der Waals surface area contributed by atoms with Crippen LogP contribution in [0.5, 0.6) is 0 Å². The summed E-state index contributed by atoms with van der Waals surface area (Å²) >= 11 is 0. The van der Waals surface area contributed by atoms with Crippen molar-refractivity contribution in [3.05, 3.63) is 0 Å². The largest absolute Gasteiger partial charge is 0.467 e. The van der Waals surface area contributed by atoms with Crippen molar-refractivity contribution >= 4 is 18.0 Å². The predicted octanol–water partition coefficient (Wildman–Crippen LogP) is 0.307. The highest BCUT2D eigenvalue weighted by Crippen LogP contribution is 2.20. The van der Waals surface area contributed by atoms with Gasteiger partial charge in [0.1, 0.15) is 6.04 Å². The molecule has 84 valence electrons. The smallest absolute Gasteiger partial charge is 0.417 e. The van der Waals surface area contributed by atoms with E-state index in [2.05, 4.69) is 9.47 Å². The zero-order valence-corrected chi connectivity index (χ0v) is 8.69. The molecule has 1 rings (SSSR count). The van der Waals surface area contributed by atoms with Gasteiger partial charge in [-0.1, -0.05) is 0 Å². The molecule has 0 radical (unpaired) electrons. The van der Waals surface area contributed by atoms with Crippen molar-refractivity contribution in [3.63, 3.8) is 0 Å². The van der Waals surface area contributed by atoms with E-state index in [0.717, 1.165) is 4.90 Å². The molecule has 0 N–H and O–H groups in total. The molecule has 0 aromatic heterocycles. The normalized spacial score (nSPS) is 20.3. The summed E-state index contributed by atoms with van der Waals surface area (Å²) in [6, 6.07) is -0.832. The lowest BCUT2D eigenvalue weighted by molar-refractivity contribution is -0.148. The fourth-order valence-corrected chi connectivity index (χ4v) is 1.46. The summed E-state index contributed by atoms with van der Waals surface area (Å²) in [7, 11) is 1.22. The van der Waals surface area contributed by atoms with Gasteiger partial charge in [-0.25, -0.2) is 14.5 Å². The molecule has 0 bridgehead atoms. The number of ether oxygens (including phenoxy) is 2.